The smallest absolute Gasteiger partial charge is 0.281 e. The van der Waals surface area contributed by atoms with Gasteiger partial charge in [0.2, 0.25) is 0 Å². The Morgan fingerprint density at radius 1 is 1.57 bits per heavy atom. The molecule has 0 amide bonds. The monoisotopic (exact) mass is 369 g/mol. The second-order valence-electron chi connectivity index (χ2n) is 2.57. The van der Waals surface area contributed by atoms with Gasteiger partial charge in [0.25, 0.3) is 5.69 Å². The molecule has 0 heterocycles. The molecule has 0 radical (unpaired) electrons. The van der Waals surface area contributed by atoms with E-state index in [9.17, 15) is 14.9 Å². The van der Waals surface area contributed by atoms with Crippen molar-refractivity contribution in [3.05, 3.63) is 35.9 Å². The van der Waals surface area contributed by atoms with Crippen LogP contribution in [0, 0.1) is 13.7 Å². The zero-order valence-electron chi connectivity index (χ0n) is 7.08. The molecule has 0 N–H and O–H groups in total. The number of nitrogens with zero attached hydrogens (tertiary/aromatic N) is 1. The molecule has 1 aromatic rings. The van der Waals surface area contributed by atoms with E-state index >= 15 is 0 Å². The minimum Gasteiger partial charge on any atom is -0.294 e. The van der Waals surface area contributed by atoms with Crippen molar-refractivity contribution in [2.45, 2.75) is 6.92 Å². The molecule has 0 aromatic heterocycles. The van der Waals surface area contributed by atoms with E-state index in [2.05, 4.69) is 15.9 Å². The molecular weight excluding hydrogens is 365 g/mol. The minimum absolute atomic E-state index is 0.127. The molecule has 74 valence electrons. The molecule has 4 nitrogen and oxygen atoms in total. The highest BCUT2D eigenvalue weighted by molar-refractivity contribution is 14.1. The Hall–Kier alpha value is -0.500. The molecular formula is C8H5BrINO3. The lowest BCUT2D eigenvalue weighted by Crippen LogP contribution is -2.02. The van der Waals surface area contributed by atoms with Crippen molar-refractivity contribution in [2.24, 2.45) is 0 Å². The first-order valence-electron chi connectivity index (χ1n) is 3.58. The lowest BCUT2D eigenvalue weighted by molar-refractivity contribution is -0.385. The maximum atomic E-state index is 11.2. The fraction of sp³-hybridized carbons (Fsp3) is 0.125. The fourth-order valence-electron chi connectivity index (χ4n) is 1.03. The summed E-state index contributed by atoms with van der Waals surface area (Å²) in [4.78, 5) is 21.3. The maximum Gasteiger partial charge on any atom is 0.281 e. The van der Waals surface area contributed by atoms with E-state index in [0.29, 0.717) is 4.47 Å². The average Bonchev–Trinajstić information content (AvgIpc) is 2.08. The van der Waals surface area contributed by atoms with Crippen molar-refractivity contribution in [1.82, 2.24) is 0 Å². The van der Waals surface area contributed by atoms with E-state index in [1.54, 1.807) is 6.07 Å². The Bertz CT molecular complexity index is 419. The largest absolute Gasteiger partial charge is 0.294 e. The van der Waals surface area contributed by atoms with E-state index in [1.165, 1.54) is 13.0 Å². The van der Waals surface area contributed by atoms with Crippen LogP contribution >= 0.6 is 38.5 Å². The number of halogens is 2. The van der Waals surface area contributed by atoms with Gasteiger partial charge in [0.15, 0.2) is 5.78 Å². The molecule has 0 aliphatic carbocycles. The zero-order valence-corrected chi connectivity index (χ0v) is 10.8. The first-order chi connectivity index (χ1) is 6.45. The summed E-state index contributed by atoms with van der Waals surface area (Å²) in [5, 5.41) is 10.6. The van der Waals surface area contributed by atoms with Gasteiger partial charge in [-0.05, 0) is 51.5 Å². The zero-order chi connectivity index (χ0) is 10.9. The van der Waals surface area contributed by atoms with Gasteiger partial charge in [0.05, 0.1) is 4.92 Å². The SMILES string of the molecule is CC(=O)c1c([N+](=O)[O-])ccc(I)c1Br. The van der Waals surface area contributed by atoms with Crippen molar-refractivity contribution in [3.63, 3.8) is 0 Å². The van der Waals surface area contributed by atoms with Crippen molar-refractivity contribution in [3.8, 4) is 0 Å². The molecule has 0 spiro atoms. The number of Topliss-reactive ketones (excluding diaryl/α,β-unsaturated/α-hetero) is 1. The van der Waals surface area contributed by atoms with E-state index in [-0.39, 0.29) is 17.0 Å². The van der Waals surface area contributed by atoms with Crippen LogP contribution in [0.25, 0.3) is 0 Å². The third-order valence-corrected chi connectivity index (χ3v) is 4.09. The summed E-state index contributed by atoms with van der Waals surface area (Å²) in [5.74, 6) is -0.318. The molecule has 6 heteroatoms. The molecule has 0 saturated heterocycles. The maximum absolute atomic E-state index is 11.2. The summed E-state index contributed by atoms with van der Waals surface area (Å²) in [7, 11) is 0. The van der Waals surface area contributed by atoms with Gasteiger partial charge >= 0.3 is 0 Å². The highest BCUT2D eigenvalue weighted by Gasteiger charge is 2.21. The van der Waals surface area contributed by atoms with Gasteiger partial charge in [-0.15, -0.1) is 0 Å². The lowest BCUT2D eigenvalue weighted by atomic mass is 10.1. The van der Waals surface area contributed by atoms with Crippen molar-refractivity contribution < 1.29 is 9.72 Å². The molecule has 0 atom stereocenters. The second kappa shape index (κ2) is 4.35. The van der Waals surface area contributed by atoms with Crippen LogP contribution in [0.4, 0.5) is 5.69 Å². The second-order valence-corrected chi connectivity index (χ2v) is 4.52. The number of benzene rings is 1. The normalized spacial score (nSPS) is 9.93. The molecule has 0 unspecified atom stereocenters. The van der Waals surface area contributed by atoms with Crippen LogP contribution in [0.5, 0.6) is 0 Å². The van der Waals surface area contributed by atoms with Gasteiger partial charge in [-0.3, -0.25) is 14.9 Å². The summed E-state index contributed by atoms with van der Waals surface area (Å²) in [6.45, 7) is 1.31. The van der Waals surface area contributed by atoms with E-state index < -0.39 is 4.92 Å². The van der Waals surface area contributed by atoms with Crippen molar-refractivity contribution in [1.29, 1.82) is 0 Å². The quantitative estimate of drug-likeness (QED) is 0.348. The van der Waals surface area contributed by atoms with Crippen molar-refractivity contribution >= 4 is 50.0 Å². The number of ketones is 1. The van der Waals surface area contributed by atoms with Crippen LogP contribution in [-0.2, 0) is 0 Å². The number of nitro benzene ring substituents is 1. The van der Waals surface area contributed by atoms with Gasteiger partial charge in [-0.25, -0.2) is 0 Å². The Morgan fingerprint density at radius 3 is 2.57 bits per heavy atom. The van der Waals surface area contributed by atoms with Crippen LogP contribution in [0.3, 0.4) is 0 Å². The molecule has 0 aliphatic heterocycles. The summed E-state index contributed by atoms with van der Waals surface area (Å²) >= 11 is 5.17. The Kier molecular flexibility index (Phi) is 3.59. The molecule has 0 bridgehead atoms. The first-order valence-corrected chi connectivity index (χ1v) is 5.45. The van der Waals surface area contributed by atoms with Crippen LogP contribution in [0.1, 0.15) is 17.3 Å². The fourth-order valence-corrected chi connectivity index (χ4v) is 2.09. The predicted octanol–water partition coefficient (Wildman–Crippen LogP) is 3.16. The Labute approximate surface area is 102 Å². The summed E-state index contributed by atoms with van der Waals surface area (Å²) in [5.41, 5.74) is -0.0355. The van der Waals surface area contributed by atoms with Gasteiger partial charge in [-0.2, -0.15) is 0 Å². The number of hydrogen-bond donors (Lipinski definition) is 0. The van der Waals surface area contributed by atoms with Gasteiger partial charge in [0, 0.05) is 14.1 Å². The number of carbonyl (C=O) groups is 1. The van der Waals surface area contributed by atoms with E-state index in [0.717, 1.165) is 3.57 Å². The molecule has 0 aliphatic rings. The molecule has 1 aromatic carbocycles. The van der Waals surface area contributed by atoms with Crippen molar-refractivity contribution in [2.75, 3.05) is 0 Å². The summed E-state index contributed by atoms with van der Waals surface area (Å²) in [6, 6.07) is 2.93. The third kappa shape index (κ3) is 2.11. The third-order valence-electron chi connectivity index (χ3n) is 1.62. The Balaban J connectivity index is 3.53. The molecule has 1 rings (SSSR count). The minimum atomic E-state index is -0.558. The first kappa shape index (κ1) is 11.6. The standard InChI is InChI=1S/C8H5BrINO3/c1-4(12)7-6(11(13)14)3-2-5(10)8(7)9/h2-3H,1H3. The number of hydrogen-bond acceptors (Lipinski definition) is 3. The number of carbonyl (C=O) groups excluding carboxylic acids is 1. The van der Waals surface area contributed by atoms with Gasteiger partial charge in [0.1, 0.15) is 5.56 Å². The predicted molar refractivity (Wildman–Crippen MR) is 63.5 cm³/mol. The van der Waals surface area contributed by atoms with E-state index in [4.69, 9.17) is 0 Å². The average molecular weight is 370 g/mol. The number of nitro groups is 1. The van der Waals surface area contributed by atoms with Crippen LogP contribution in [0.2, 0.25) is 0 Å². The van der Waals surface area contributed by atoms with Crippen LogP contribution in [0.15, 0.2) is 16.6 Å². The van der Waals surface area contributed by atoms with Crippen LogP contribution < -0.4 is 0 Å². The summed E-state index contributed by atoms with van der Waals surface area (Å²) < 4.78 is 1.26. The van der Waals surface area contributed by atoms with Crippen LogP contribution in [-0.4, -0.2) is 10.7 Å². The molecule has 0 saturated carbocycles. The summed E-state index contributed by atoms with van der Waals surface area (Å²) in [6.07, 6.45) is 0. The topological polar surface area (TPSA) is 60.2 Å². The Morgan fingerprint density at radius 2 is 2.14 bits per heavy atom. The lowest BCUT2D eigenvalue weighted by Gasteiger charge is -2.03. The highest BCUT2D eigenvalue weighted by atomic mass is 127. The molecule has 0 fully saturated rings. The number of rotatable bonds is 2. The van der Waals surface area contributed by atoms with Gasteiger partial charge in [-0.1, -0.05) is 0 Å². The van der Waals surface area contributed by atoms with Gasteiger partial charge < -0.3 is 0 Å². The molecule has 14 heavy (non-hydrogen) atoms. The van der Waals surface area contributed by atoms with E-state index in [1.807, 2.05) is 22.6 Å². The highest BCUT2D eigenvalue weighted by Crippen LogP contribution is 2.31.